The lowest BCUT2D eigenvalue weighted by molar-refractivity contribution is -0.132. The van der Waals surface area contributed by atoms with Crippen LogP contribution in [0.3, 0.4) is 0 Å². The van der Waals surface area contributed by atoms with Crippen molar-refractivity contribution in [3.63, 3.8) is 0 Å². The van der Waals surface area contributed by atoms with Crippen LogP contribution in [0.4, 0.5) is 0 Å². The summed E-state index contributed by atoms with van der Waals surface area (Å²) in [4.78, 5) is 14.6. The van der Waals surface area contributed by atoms with Gasteiger partial charge in [0.2, 0.25) is 5.91 Å². The van der Waals surface area contributed by atoms with Crippen LogP contribution in [0.1, 0.15) is 22.3 Å². The molecule has 24 heavy (non-hydrogen) atoms. The first-order chi connectivity index (χ1) is 11.7. The van der Waals surface area contributed by atoms with Crippen molar-refractivity contribution in [3.8, 4) is 0 Å². The van der Waals surface area contributed by atoms with Crippen molar-refractivity contribution in [1.82, 2.24) is 4.90 Å². The number of hydrogen-bond donors (Lipinski definition) is 0. The van der Waals surface area contributed by atoms with E-state index in [0.29, 0.717) is 13.1 Å². The molecule has 3 aromatic rings. The van der Waals surface area contributed by atoms with E-state index in [9.17, 15) is 4.79 Å². The molecule has 0 radical (unpaired) electrons. The minimum absolute atomic E-state index is 0.136. The van der Waals surface area contributed by atoms with Crippen LogP contribution in [0.25, 0.3) is 0 Å². The van der Waals surface area contributed by atoms with E-state index in [0.717, 1.165) is 16.9 Å². The van der Waals surface area contributed by atoms with Gasteiger partial charge >= 0.3 is 0 Å². The van der Waals surface area contributed by atoms with Gasteiger partial charge in [0.15, 0.2) is 0 Å². The second kappa shape index (κ2) is 7.84. The van der Waals surface area contributed by atoms with Crippen LogP contribution in [-0.4, -0.2) is 10.8 Å². The van der Waals surface area contributed by atoms with Gasteiger partial charge in [-0.15, -0.1) is 11.6 Å². The Balaban J connectivity index is 1.81. The second-order valence-electron chi connectivity index (χ2n) is 5.53. The summed E-state index contributed by atoms with van der Waals surface area (Å²) >= 11 is 6.44. The highest BCUT2D eigenvalue weighted by molar-refractivity contribution is 6.30. The highest BCUT2D eigenvalue weighted by atomic mass is 35.5. The van der Waals surface area contributed by atoms with Crippen LogP contribution in [-0.2, 0) is 17.9 Å². The zero-order valence-electron chi connectivity index (χ0n) is 13.1. The summed E-state index contributed by atoms with van der Waals surface area (Å²) in [6.07, 6.45) is 1.61. The Hall–Kier alpha value is -2.52. The number of alkyl halides is 1. The molecule has 0 saturated heterocycles. The lowest BCUT2D eigenvalue weighted by Gasteiger charge is -2.24. The topological polar surface area (TPSA) is 33.5 Å². The third kappa shape index (κ3) is 4.06. The molecule has 0 saturated carbocycles. The largest absolute Gasteiger partial charge is 0.467 e. The number of carbonyl (C=O) groups is 1. The Kier molecular flexibility index (Phi) is 5.34. The summed E-state index contributed by atoms with van der Waals surface area (Å²) in [7, 11) is 0. The molecule has 1 amide bonds. The van der Waals surface area contributed by atoms with E-state index in [1.807, 2.05) is 72.8 Å². The summed E-state index contributed by atoms with van der Waals surface area (Å²) in [5, 5.41) is -0.718. The van der Waals surface area contributed by atoms with E-state index in [4.69, 9.17) is 16.0 Å². The van der Waals surface area contributed by atoms with Crippen molar-refractivity contribution in [2.45, 2.75) is 18.5 Å². The monoisotopic (exact) mass is 339 g/mol. The molecule has 0 aliphatic carbocycles. The highest BCUT2D eigenvalue weighted by Crippen LogP contribution is 2.25. The van der Waals surface area contributed by atoms with Gasteiger partial charge in [-0.2, -0.15) is 0 Å². The number of nitrogens with zero attached hydrogens (tertiary/aromatic N) is 1. The van der Waals surface area contributed by atoms with E-state index in [1.54, 1.807) is 11.2 Å². The van der Waals surface area contributed by atoms with Gasteiger partial charge in [0.1, 0.15) is 11.1 Å². The molecule has 1 atom stereocenters. The lowest BCUT2D eigenvalue weighted by Crippen LogP contribution is -2.32. The first-order valence-corrected chi connectivity index (χ1v) is 8.22. The fraction of sp³-hybridized carbons (Fsp3) is 0.150. The molecule has 3 nitrogen and oxygen atoms in total. The number of benzene rings is 2. The minimum Gasteiger partial charge on any atom is -0.467 e. The maximum absolute atomic E-state index is 12.9. The molecule has 0 aliphatic rings. The zero-order chi connectivity index (χ0) is 16.8. The Morgan fingerprint density at radius 2 is 1.58 bits per heavy atom. The number of hydrogen-bond acceptors (Lipinski definition) is 2. The average Bonchev–Trinajstić information content (AvgIpc) is 3.15. The van der Waals surface area contributed by atoms with Gasteiger partial charge in [-0.1, -0.05) is 60.7 Å². The molecule has 2 aromatic carbocycles. The number of furan rings is 1. The van der Waals surface area contributed by atoms with Crippen molar-refractivity contribution in [2.24, 2.45) is 0 Å². The SMILES string of the molecule is O=C([C@@H](Cl)c1ccccc1)N(Cc1ccccc1)Cc1ccco1. The van der Waals surface area contributed by atoms with Gasteiger partial charge < -0.3 is 9.32 Å². The summed E-state index contributed by atoms with van der Waals surface area (Å²) < 4.78 is 5.40. The Morgan fingerprint density at radius 3 is 2.21 bits per heavy atom. The smallest absolute Gasteiger partial charge is 0.245 e. The van der Waals surface area contributed by atoms with Crippen molar-refractivity contribution in [3.05, 3.63) is 95.9 Å². The second-order valence-corrected chi connectivity index (χ2v) is 5.97. The van der Waals surface area contributed by atoms with Crippen LogP contribution >= 0.6 is 11.6 Å². The normalized spacial score (nSPS) is 11.9. The number of amides is 1. The van der Waals surface area contributed by atoms with Gasteiger partial charge in [-0.05, 0) is 23.3 Å². The summed E-state index contributed by atoms with van der Waals surface area (Å²) in [6.45, 7) is 0.868. The predicted molar refractivity (Wildman–Crippen MR) is 94.4 cm³/mol. The van der Waals surface area contributed by atoms with Crippen LogP contribution in [0.5, 0.6) is 0 Å². The Morgan fingerprint density at radius 1 is 0.917 bits per heavy atom. The quantitative estimate of drug-likeness (QED) is 0.605. The maximum atomic E-state index is 12.9. The summed E-state index contributed by atoms with van der Waals surface area (Å²) in [5.74, 6) is 0.597. The van der Waals surface area contributed by atoms with Gasteiger partial charge in [0.25, 0.3) is 0 Å². The van der Waals surface area contributed by atoms with Crippen molar-refractivity contribution < 1.29 is 9.21 Å². The van der Waals surface area contributed by atoms with Crippen molar-refractivity contribution >= 4 is 17.5 Å². The van der Waals surface area contributed by atoms with Crippen LogP contribution in [0, 0.1) is 0 Å². The molecule has 0 N–H and O–H groups in total. The minimum atomic E-state index is -0.718. The first kappa shape index (κ1) is 16.3. The summed E-state index contributed by atoms with van der Waals surface area (Å²) in [6, 6.07) is 22.9. The van der Waals surface area contributed by atoms with Crippen molar-refractivity contribution in [1.29, 1.82) is 0 Å². The molecule has 0 bridgehead atoms. The first-order valence-electron chi connectivity index (χ1n) is 7.78. The molecule has 0 aliphatic heterocycles. The highest BCUT2D eigenvalue weighted by Gasteiger charge is 2.24. The molecule has 1 heterocycles. The third-order valence-electron chi connectivity index (χ3n) is 3.76. The molecule has 3 rings (SSSR count). The molecular weight excluding hydrogens is 322 g/mol. The van der Waals surface area contributed by atoms with E-state index in [-0.39, 0.29) is 5.91 Å². The lowest BCUT2D eigenvalue weighted by atomic mass is 10.1. The fourth-order valence-corrected chi connectivity index (χ4v) is 2.81. The van der Waals surface area contributed by atoms with E-state index < -0.39 is 5.38 Å². The molecule has 122 valence electrons. The van der Waals surface area contributed by atoms with Crippen LogP contribution in [0.2, 0.25) is 0 Å². The molecular formula is C20H18ClNO2. The predicted octanol–water partition coefficient (Wildman–Crippen LogP) is 4.79. The standard InChI is InChI=1S/C20H18ClNO2/c21-19(17-10-5-2-6-11-17)20(23)22(15-18-12-7-13-24-18)14-16-8-3-1-4-9-16/h1-13,19H,14-15H2/t19-/m0/s1. The zero-order valence-corrected chi connectivity index (χ0v) is 13.9. The fourth-order valence-electron chi connectivity index (χ4n) is 2.53. The van der Waals surface area contributed by atoms with Crippen LogP contribution in [0.15, 0.2) is 83.5 Å². The van der Waals surface area contributed by atoms with Gasteiger partial charge in [0, 0.05) is 6.54 Å². The Labute approximate surface area is 146 Å². The van der Waals surface area contributed by atoms with Gasteiger partial charge in [-0.3, -0.25) is 4.79 Å². The molecule has 0 unspecified atom stereocenters. The molecule has 0 fully saturated rings. The summed E-state index contributed by atoms with van der Waals surface area (Å²) in [5.41, 5.74) is 1.84. The van der Waals surface area contributed by atoms with Crippen LogP contribution < -0.4 is 0 Å². The number of carbonyl (C=O) groups excluding carboxylic acids is 1. The molecule has 1 aromatic heterocycles. The maximum Gasteiger partial charge on any atom is 0.245 e. The van der Waals surface area contributed by atoms with E-state index in [1.165, 1.54) is 0 Å². The molecule has 0 spiro atoms. The third-order valence-corrected chi connectivity index (χ3v) is 4.20. The average molecular weight is 340 g/mol. The Bertz CT molecular complexity index is 757. The number of rotatable bonds is 6. The van der Waals surface area contributed by atoms with Crippen molar-refractivity contribution in [2.75, 3.05) is 0 Å². The van der Waals surface area contributed by atoms with E-state index in [2.05, 4.69) is 0 Å². The van der Waals surface area contributed by atoms with E-state index >= 15 is 0 Å². The van der Waals surface area contributed by atoms with Gasteiger partial charge in [-0.25, -0.2) is 0 Å². The van der Waals surface area contributed by atoms with Gasteiger partial charge in [0.05, 0.1) is 12.8 Å². The number of halogens is 1. The molecule has 4 heteroatoms.